The number of allylic oxidation sites excluding steroid dienone is 2. The first kappa shape index (κ1) is 24.1. The van der Waals surface area contributed by atoms with Crippen LogP contribution in [0.3, 0.4) is 0 Å². The number of aliphatic imine (C=N–C) groups is 2. The molecule has 3 aliphatic rings. The Labute approximate surface area is 202 Å². The second-order valence-electron chi connectivity index (χ2n) is 8.43. The quantitative estimate of drug-likeness (QED) is 0.576. The molecule has 1 unspecified atom stereocenters. The van der Waals surface area contributed by atoms with Crippen LogP contribution in [-0.4, -0.2) is 62.9 Å². The summed E-state index contributed by atoms with van der Waals surface area (Å²) in [6.45, 7) is 1.80. The van der Waals surface area contributed by atoms with E-state index in [1.54, 1.807) is 18.5 Å². The number of carbonyl (C=O) groups excluding carboxylic acids is 1. The normalized spacial score (nSPS) is 23.3. The van der Waals surface area contributed by atoms with Crippen molar-refractivity contribution in [1.82, 2.24) is 15.5 Å². The number of rotatable bonds is 7. The molecular weight excluding hydrogens is 461 g/mol. The third kappa shape index (κ3) is 6.11. The van der Waals surface area contributed by atoms with Gasteiger partial charge in [0.2, 0.25) is 5.91 Å². The van der Waals surface area contributed by atoms with Gasteiger partial charge in [-0.1, -0.05) is 17.7 Å². The molecule has 34 heavy (non-hydrogen) atoms. The lowest BCUT2D eigenvalue weighted by molar-refractivity contribution is -0.116. The number of ether oxygens (including phenoxy) is 2. The number of hydrogen-bond acceptors (Lipinski definition) is 6. The molecule has 2 atom stereocenters. The minimum absolute atomic E-state index is 0.00833. The van der Waals surface area contributed by atoms with Gasteiger partial charge in [-0.2, -0.15) is 0 Å². The van der Waals surface area contributed by atoms with E-state index >= 15 is 0 Å². The van der Waals surface area contributed by atoms with Crippen molar-refractivity contribution in [3.63, 3.8) is 0 Å². The number of benzene rings is 1. The Morgan fingerprint density at radius 1 is 1.47 bits per heavy atom. The molecule has 180 valence electrons. The summed E-state index contributed by atoms with van der Waals surface area (Å²) >= 11 is 5.91. The number of fused-ring (bicyclic) bond motifs is 1. The maximum Gasteiger partial charge on any atom is 0.247 e. The largest absolute Gasteiger partial charge is 0.486 e. The molecule has 2 N–H and O–H groups in total. The molecule has 1 amide bonds. The Morgan fingerprint density at radius 3 is 3.06 bits per heavy atom. The zero-order valence-electron chi connectivity index (χ0n) is 19.1. The van der Waals surface area contributed by atoms with E-state index in [1.165, 1.54) is 18.2 Å². The SMILES string of the molecule is CN(C)C/C=C/C(=O)NC1=C(O[C@H]2CCOC2)C=C2NC=NC(=Nc3ccc(F)c(Cl)c3)C2C1. The van der Waals surface area contributed by atoms with Crippen LogP contribution in [0.2, 0.25) is 5.02 Å². The van der Waals surface area contributed by atoms with Gasteiger partial charge >= 0.3 is 0 Å². The summed E-state index contributed by atoms with van der Waals surface area (Å²) in [5.41, 5.74) is 1.98. The van der Waals surface area contributed by atoms with Crippen LogP contribution >= 0.6 is 11.6 Å². The van der Waals surface area contributed by atoms with Gasteiger partial charge in [-0.25, -0.2) is 14.4 Å². The predicted octanol–water partition coefficient (Wildman–Crippen LogP) is 3.30. The molecule has 1 aliphatic carbocycles. The van der Waals surface area contributed by atoms with Crippen molar-refractivity contribution in [1.29, 1.82) is 0 Å². The van der Waals surface area contributed by atoms with Crippen LogP contribution in [0.1, 0.15) is 12.8 Å². The first-order valence-corrected chi connectivity index (χ1v) is 11.4. The zero-order chi connectivity index (χ0) is 24.1. The highest BCUT2D eigenvalue weighted by Gasteiger charge is 2.32. The molecule has 1 fully saturated rings. The molecule has 1 saturated heterocycles. The summed E-state index contributed by atoms with van der Waals surface area (Å²) in [5, 5.41) is 6.12. The third-order valence-electron chi connectivity index (χ3n) is 5.45. The van der Waals surface area contributed by atoms with Crippen LogP contribution in [0.25, 0.3) is 0 Å². The number of nitrogens with one attached hydrogen (secondary N) is 2. The fourth-order valence-corrected chi connectivity index (χ4v) is 3.91. The van der Waals surface area contributed by atoms with E-state index in [1.807, 2.05) is 25.1 Å². The number of amidine groups is 1. The highest BCUT2D eigenvalue weighted by molar-refractivity contribution is 6.31. The molecule has 2 aliphatic heterocycles. The Morgan fingerprint density at radius 2 is 2.32 bits per heavy atom. The van der Waals surface area contributed by atoms with Crippen LogP contribution in [0.4, 0.5) is 10.1 Å². The first-order valence-electron chi connectivity index (χ1n) is 11.0. The van der Waals surface area contributed by atoms with Gasteiger partial charge < -0.3 is 25.0 Å². The summed E-state index contributed by atoms with van der Waals surface area (Å²) in [4.78, 5) is 23.5. The number of hydrogen-bond donors (Lipinski definition) is 2. The summed E-state index contributed by atoms with van der Waals surface area (Å²) in [6, 6.07) is 4.27. The number of halogens is 2. The maximum absolute atomic E-state index is 13.6. The summed E-state index contributed by atoms with van der Waals surface area (Å²) in [6.07, 6.45) is 7.84. The van der Waals surface area contributed by atoms with E-state index in [-0.39, 0.29) is 23.0 Å². The standard InChI is InChI=1S/C24H27ClFN5O3/c1-31(2)8-3-4-23(32)30-21-11-17-20(12-22(21)34-16-7-9-33-13-16)27-14-28-24(17)29-15-5-6-19(26)18(25)10-15/h3-6,10,12,14,16-17H,7-9,11,13H2,1-2H3,(H,30,32)(H,27,28,29)/b4-3+/t16-,17?/m0/s1. The molecule has 0 saturated carbocycles. The van der Waals surface area contributed by atoms with Gasteiger partial charge in [0.15, 0.2) is 0 Å². The van der Waals surface area contributed by atoms with E-state index in [9.17, 15) is 9.18 Å². The second-order valence-corrected chi connectivity index (χ2v) is 8.83. The van der Waals surface area contributed by atoms with Crippen LogP contribution < -0.4 is 10.6 Å². The molecule has 2 heterocycles. The van der Waals surface area contributed by atoms with Gasteiger partial charge in [-0.3, -0.25) is 4.79 Å². The average Bonchev–Trinajstić information content (AvgIpc) is 3.30. The van der Waals surface area contributed by atoms with Crippen molar-refractivity contribution in [2.45, 2.75) is 18.9 Å². The Kier molecular flexibility index (Phi) is 7.77. The summed E-state index contributed by atoms with van der Waals surface area (Å²) in [5.74, 6) is 0.107. The van der Waals surface area contributed by atoms with Crippen LogP contribution in [-0.2, 0) is 14.3 Å². The number of amides is 1. The molecular formula is C24H27ClFN5O3. The van der Waals surface area contributed by atoms with Crippen LogP contribution in [0.5, 0.6) is 0 Å². The lowest BCUT2D eigenvalue weighted by atomic mass is 9.91. The molecule has 0 bridgehead atoms. The fourth-order valence-electron chi connectivity index (χ4n) is 3.74. The lowest BCUT2D eigenvalue weighted by Crippen LogP contribution is -2.36. The number of carbonyl (C=O) groups is 1. The first-order chi connectivity index (χ1) is 16.4. The highest BCUT2D eigenvalue weighted by atomic mass is 35.5. The van der Waals surface area contributed by atoms with Gasteiger partial charge in [0.1, 0.15) is 23.5 Å². The Balaban J connectivity index is 1.60. The van der Waals surface area contributed by atoms with E-state index < -0.39 is 5.82 Å². The lowest BCUT2D eigenvalue weighted by Gasteiger charge is -2.30. The van der Waals surface area contributed by atoms with Gasteiger partial charge in [-0.05, 0) is 32.3 Å². The van der Waals surface area contributed by atoms with Gasteiger partial charge in [-0.15, -0.1) is 0 Å². The van der Waals surface area contributed by atoms with Gasteiger partial charge in [0.25, 0.3) is 0 Å². The zero-order valence-corrected chi connectivity index (χ0v) is 19.8. The minimum atomic E-state index is -0.509. The molecule has 4 rings (SSSR count). The molecule has 0 spiro atoms. The monoisotopic (exact) mass is 487 g/mol. The van der Waals surface area contributed by atoms with E-state index in [0.29, 0.717) is 49.2 Å². The summed E-state index contributed by atoms with van der Waals surface area (Å²) < 4.78 is 25.2. The molecule has 0 radical (unpaired) electrons. The fraction of sp³-hybridized carbons (Fsp3) is 0.375. The van der Waals surface area contributed by atoms with Crippen molar-refractivity contribution in [3.8, 4) is 0 Å². The smallest absolute Gasteiger partial charge is 0.247 e. The van der Waals surface area contributed by atoms with E-state index in [0.717, 1.165) is 12.1 Å². The molecule has 8 nitrogen and oxygen atoms in total. The minimum Gasteiger partial charge on any atom is -0.486 e. The van der Waals surface area contributed by atoms with Gasteiger partial charge in [0.05, 0.1) is 41.9 Å². The van der Waals surface area contributed by atoms with Crippen molar-refractivity contribution in [2.75, 3.05) is 33.9 Å². The van der Waals surface area contributed by atoms with E-state index in [2.05, 4.69) is 20.6 Å². The van der Waals surface area contributed by atoms with Crippen molar-refractivity contribution in [3.05, 3.63) is 64.4 Å². The van der Waals surface area contributed by atoms with E-state index in [4.69, 9.17) is 21.1 Å². The Bertz CT molecular complexity index is 1090. The molecule has 1 aromatic carbocycles. The number of likely N-dealkylation sites (N-methyl/N-ethyl adjacent to an activating group) is 1. The molecule has 0 aromatic heterocycles. The van der Waals surface area contributed by atoms with Crippen LogP contribution in [0, 0.1) is 11.7 Å². The number of nitrogens with zero attached hydrogens (tertiary/aromatic N) is 3. The van der Waals surface area contributed by atoms with Crippen LogP contribution in [0.15, 0.2) is 63.6 Å². The molecule has 1 aromatic rings. The van der Waals surface area contributed by atoms with Crippen molar-refractivity contribution in [2.24, 2.45) is 15.9 Å². The van der Waals surface area contributed by atoms with Crippen molar-refractivity contribution >= 4 is 35.4 Å². The van der Waals surface area contributed by atoms with Crippen molar-refractivity contribution < 1.29 is 18.7 Å². The predicted molar refractivity (Wildman–Crippen MR) is 129 cm³/mol. The average molecular weight is 488 g/mol. The highest BCUT2D eigenvalue weighted by Crippen LogP contribution is 2.33. The summed E-state index contributed by atoms with van der Waals surface area (Å²) in [7, 11) is 3.86. The molecule has 10 heteroatoms. The Hall–Kier alpha value is -3.01. The topological polar surface area (TPSA) is 87.6 Å². The third-order valence-corrected chi connectivity index (χ3v) is 5.74. The second kappa shape index (κ2) is 10.9. The van der Waals surface area contributed by atoms with Gasteiger partial charge in [0, 0.05) is 37.2 Å². The maximum atomic E-state index is 13.6.